The molecule has 0 radical (unpaired) electrons. The summed E-state index contributed by atoms with van der Waals surface area (Å²) < 4.78 is 13.4. The molecule has 0 aliphatic carbocycles. The van der Waals surface area contributed by atoms with Crippen LogP contribution in [0, 0.1) is 0 Å². The van der Waals surface area contributed by atoms with Crippen LogP contribution in [0.2, 0.25) is 0 Å². The van der Waals surface area contributed by atoms with Crippen LogP contribution < -0.4 is 14.8 Å². The van der Waals surface area contributed by atoms with E-state index in [1.54, 1.807) is 6.92 Å². The number of carbonyl (C=O) groups excluding carboxylic acids is 2. The number of nitrogens with one attached hydrogen (secondary N) is 1. The van der Waals surface area contributed by atoms with E-state index in [0.717, 1.165) is 51.2 Å². The highest BCUT2D eigenvalue weighted by Gasteiger charge is 2.43. The van der Waals surface area contributed by atoms with Crippen molar-refractivity contribution in [3.63, 3.8) is 0 Å². The quantitative estimate of drug-likeness (QED) is 0.227. The Bertz CT molecular complexity index is 1700. The van der Waals surface area contributed by atoms with Crippen molar-refractivity contribution in [2.75, 3.05) is 0 Å². The first-order valence-electron chi connectivity index (χ1n) is 12.9. The fraction of sp³-hybridized carbons (Fsp3) is 0.156. The third kappa shape index (κ3) is 5.31. The summed E-state index contributed by atoms with van der Waals surface area (Å²) in [5.74, 6) is 2.73. The zero-order chi connectivity index (χ0) is 27.7. The van der Waals surface area contributed by atoms with Gasteiger partial charge in [0.1, 0.15) is 34.4 Å². The molecule has 1 saturated heterocycles. The molecule has 4 aromatic carbocycles. The predicted molar refractivity (Wildman–Crippen MR) is 157 cm³/mol. The Morgan fingerprint density at radius 1 is 0.850 bits per heavy atom. The van der Waals surface area contributed by atoms with Crippen LogP contribution in [-0.2, 0) is 24.9 Å². The first-order valence-corrected chi connectivity index (χ1v) is 13.7. The summed E-state index contributed by atoms with van der Waals surface area (Å²) in [6.07, 6.45) is 0.460. The highest BCUT2D eigenvalue weighted by Crippen LogP contribution is 2.35. The van der Waals surface area contributed by atoms with E-state index in [2.05, 4.69) is 29.6 Å². The number of amides is 2. The number of aryl methyl sites for hydroxylation is 1. The van der Waals surface area contributed by atoms with Crippen molar-refractivity contribution in [2.24, 2.45) is 7.05 Å². The maximum absolute atomic E-state index is 12.1. The molecular weight excluding hydrogens is 522 g/mol. The molecule has 1 aliphatic rings. The van der Waals surface area contributed by atoms with Crippen LogP contribution in [-0.4, -0.2) is 25.4 Å². The van der Waals surface area contributed by atoms with Gasteiger partial charge in [0.15, 0.2) is 0 Å². The van der Waals surface area contributed by atoms with Crippen molar-refractivity contribution in [1.82, 2.24) is 14.9 Å². The Labute approximate surface area is 236 Å². The SMILES string of the molecule is Cn1c(COc2ccc(C[C@]3(C)SC(=O)NC3=O)cc2)nc2ccc(Oc3ccc(-c4ccccc4)cc3)cc21. The molecule has 1 N–H and O–H groups in total. The van der Waals surface area contributed by atoms with Gasteiger partial charge in [0.05, 0.1) is 11.0 Å². The van der Waals surface area contributed by atoms with E-state index < -0.39 is 4.75 Å². The largest absolute Gasteiger partial charge is 0.486 e. The summed E-state index contributed by atoms with van der Waals surface area (Å²) in [4.78, 5) is 28.4. The molecule has 0 saturated carbocycles. The third-order valence-electron chi connectivity index (χ3n) is 6.99. The van der Waals surface area contributed by atoms with E-state index in [1.165, 1.54) is 5.56 Å². The van der Waals surface area contributed by atoms with E-state index in [1.807, 2.05) is 84.4 Å². The van der Waals surface area contributed by atoms with Crippen molar-refractivity contribution >= 4 is 33.9 Å². The van der Waals surface area contributed by atoms with E-state index in [0.29, 0.717) is 18.8 Å². The van der Waals surface area contributed by atoms with Gasteiger partial charge in [-0.3, -0.25) is 14.9 Å². The highest BCUT2D eigenvalue weighted by atomic mass is 32.2. The standard InChI is InChI=1S/C32H27N3O4S/c1-32(30(36)34-31(37)40-32)19-21-8-12-24(13-9-21)38-20-29-33-27-17-16-26(18-28(27)35(29)2)39-25-14-10-23(11-15-25)22-6-4-3-5-7-22/h3-18H,19-20H2,1-2H3,(H,34,36,37)/t32-/m0/s1. The molecular formula is C32H27N3O4S. The lowest BCUT2D eigenvalue weighted by Crippen LogP contribution is -2.35. The molecule has 0 unspecified atom stereocenters. The number of imide groups is 1. The first-order chi connectivity index (χ1) is 19.4. The lowest BCUT2D eigenvalue weighted by molar-refractivity contribution is -0.121. The number of hydrogen-bond acceptors (Lipinski definition) is 6. The van der Waals surface area contributed by atoms with Gasteiger partial charge in [-0.2, -0.15) is 0 Å². The highest BCUT2D eigenvalue weighted by molar-refractivity contribution is 8.16. The number of benzene rings is 4. The lowest BCUT2D eigenvalue weighted by atomic mass is 9.99. The van der Waals surface area contributed by atoms with Crippen molar-refractivity contribution in [2.45, 2.75) is 24.7 Å². The van der Waals surface area contributed by atoms with Crippen molar-refractivity contribution < 1.29 is 19.1 Å². The number of carbonyl (C=O) groups is 2. The second-order valence-electron chi connectivity index (χ2n) is 9.91. The zero-order valence-electron chi connectivity index (χ0n) is 22.1. The molecule has 1 aromatic heterocycles. The van der Waals surface area contributed by atoms with Crippen LogP contribution in [0.3, 0.4) is 0 Å². The minimum Gasteiger partial charge on any atom is -0.486 e. The topological polar surface area (TPSA) is 82.5 Å². The average molecular weight is 550 g/mol. The van der Waals surface area contributed by atoms with Gasteiger partial charge in [-0.1, -0.05) is 54.6 Å². The number of imidazole rings is 1. The Hall–Kier alpha value is -4.56. The molecule has 7 nitrogen and oxygen atoms in total. The maximum Gasteiger partial charge on any atom is 0.286 e. The molecule has 0 spiro atoms. The van der Waals surface area contributed by atoms with Gasteiger partial charge in [-0.25, -0.2) is 4.98 Å². The molecule has 6 rings (SSSR count). The number of aromatic nitrogens is 2. The summed E-state index contributed by atoms with van der Waals surface area (Å²) in [6, 6.07) is 31.7. The molecule has 2 heterocycles. The van der Waals surface area contributed by atoms with Crippen molar-refractivity contribution in [3.05, 3.63) is 108 Å². The van der Waals surface area contributed by atoms with E-state index in [4.69, 9.17) is 14.5 Å². The number of thioether (sulfide) groups is 1. The summed E-state index contributed by atoms with van der Waals surface area (Å²) in [5, 5.41) is 2.06. The van der Waals surface area contributed by atoms with Gasteiger partial charge in [0.25, 0.3) is 5.24 Å². The minimum atomic E-state index is -0.791. The predicted octanol–water partition coefficient (Wildman–Crippen LogP) is 6.90. The Kier molecular flexibility index (Phi) is 6.77. The molecule has 40 heavy (non-hydrogen) atoms. The normalized spacial score (nSPS) is 16.8. The number of rotatable bonds is 8. The molecule has 5 aromatic rings. The van der Waals surface area contributed by atoms with Crippen LogP contribution in [0.4, 0.5) is 4.79 Å². The van der Waals surface area contributed by atoms with Crippen LogP contribution in [0.25, 0.3) is 22.2 Å². The van der Waals surface area contributed by atoms with Crippen molar-refractivity contribution in [3.8, 4) is 28.4 Å². The average Bonchev–Trinajstić information content (AvgIpc) is 3.41. The number of nitrogens with zero attached hydrogens (tertiary/aromatic N) is 2. The number of ether oxygens (including phenoxy) is 2. The lowest BCUT2D eigenvalue weighted by Gasteiger charge is -2.18. The van der Waals surface area contributed by atoms with Crippen molar-refractivity contribution in [1.29, 1.82) is 0 Å². The van der Waals surface area contributed by atoms with Crippen LogP contribution in [0.15, 0.2) is 97.1 Å². The monoisotopic (exact) mass is 549 g/mol. The van der Waals surface area contributed by atoms with Gasteiger partial charge in [0, 0.05) is 13.1 Å². The summed E-state index contributed by atoms with van der Waals surface area (Å²) in [7, 11) is 1.96. The van der Waals surface area contributed by atoms with Crippen LogP contribution in [0.5, 0.6) is 17.2 Å². The van der Waals surface area contributed by atoms with Gasteiger partial charge in [0.2, 0.25) is 5.91 Å². The molecule has 1 aliphatic heterocycles. The van der Waals surface area contributed by atoms with Gasteiger partial charge in [-0.05, 0) is 78.2 Å². The molecule has 1 atom stereocenters. The second-order valence-corrected chi connectivity index (χ2v) is 11.4. The molecule has 8 heteroatoms. The third-order valence-corrected chi connectivity index (χ3v) is 8.06. The van der Waals surface area contributed by atoms with E-state index >= 15 is 0 Å². The first kappa shape index (κ1) is 25.7. The summed E-state index contributed by atoms with van der Waals surface area (Å²) in [5.41, 5.74) is 5.07. The number of hydrogen-bond donors (Lipinski definition) is 1. The van der Waals surface area contributed by atoms with Gasteiger partial charge >= 0.3 is 0 Å². The van der Waals surface area contributed by atoms with E-state index in [9.17, 15) is 9.59 Å². The molecule has 0 bridgehead atoms. The number of fused-ring (bicyclic) bond motifs is 1. The van der Waals surface area contributed by atoms with Gasteiger partial charge < -0.3 is 14.0 Å². The summed E-state index contributed by atoms with van der Waals surface area (Å²) in [6.45, 7) is 2.08. The van der Waals surface area contributed by atoms with Crippen LogP contribution in [0.1, 0.15) is 18.3 Å². The molecule has 200 valence electrons. The Morgan fingerprint density at radius 3 is 2.23 bits per heavy atom. The Balaban J connectivity index is 1.10. The maximum atomic E-state index is 12.1. The fourth-order valence-electron chi connectivity index (χ4n) is 4.75. The molecule has 2 amide bonds. The van der Waals surface area contributed by atoms with Crippen LogP contribution >= 0.6 is 11.8 Å². The Morgan fingerprint density at radius 2 is 1.52 bits per heavy atom. The van der Waals surface area contributed by atoms with E-state index in [-0.39, 0.29) is 11.1 Å². The molecule has 1 fully saturated rings. The zero-order valence-corrected chi connectivity index (χ0v) is 22.9. The minimum absolute atomic E-state index is 0.251. The fourth-order valence-corrected chi connectivity index (χ4v) is 5.69. The summed E-state index contributed by atoms with van der Waals surface area (Å²) >= 11 is 1.04. The smallest absolute Gasteiger partial charge is 0.286 e. The second kappa shape index (κ2) is 10.5. The van der Waals surface area contributed by atoms with Gasteiger partial charge in [-0.15, -0.1) is 0 Å².